The van der Waals surface area contributed by atoms with E-state index >= 15 is 0 Å². The van der Waals surface area contributed by atoms with E-state index in [9.17, 15) is 4.79 Å². The fourth-order valence-corrected chi connectivity index (χ4v) is 1.66. The molecule has 0 aromatic carbocycles. The zero-order valence-corrected chi connectivity index (χ0v) is 12.0. The number of methoxy groups -OCH3 is 1. The van der Waals surface area contributed by atoms with Crippen LogP contribution in [-0.2, 0) is 0 Å². The van der Waals surface area contributed by atoms with Crippen molar-refractivity contribution in [2.45, 2.75) is 13.8 Å². The lowest BCUT2D eigenvalue weighted by Crippen LogP contribution is -2.31. The summed E-state index contributed by atoms with van der Waals surface area (Å²) in [5.41, 5.74) is 1.55. The number of halogens is 1. The third-order valence-electron chi connectivity index (χ3n) is 2.49. The van der Waals surface area contributed by atoms with Gasteiger partial charge in [-0.05, 0) is 35.3 Å². The summed E-state index contributed by atoms with van der Waals surface area (Å²) in [6.07, 6.45) is 1.58. The normalized spacial score (nSPS) is 9.94. The van der Waals surface area contributed by atoms with E-state index < -0.39 is 0 Å². The quantitative estimate of drug-likeness (QED) is 0.934. The molecule has 94 valence electrons. The largest absolute Gasteiger partial charge is 0.480 e. The van der Waals surface area contributed by atoms with E-state index in [-0.39, 0.29) is 6.03 Å². The molecule has 0 fully saturated rings. The molecule has 1 N–H and O–H groups in total. The lowest BCUT2D eigenvalue weighted by atomic mass is 10.2. The van der Waals surface area contributed by atoms with Gasteiger partial charge in [0, 0.05) is 13.6 Å². The number of carbonyl (C=O) groups is 1. The highest BCUT2D eigenvalue weighted by molar-refractivity contribution is 9.10. The van der Waals surface area contributed by atoms with Crippen molar-refractivity contribution in [3.63, 3.8) is 0 Å². The second-order valence-corrected chi connectivity index (χ2v) is 4.36. The number of aromatic nitrogens is 1. The van der Waals surface area contributed by atoms with E-state index in [4.69, 9.17) is 4.74 Å². The first-order valence-electron chi connectivity index (χ1n) is 5.22. The van der Waals surface area contributed by atoms with Crippen LogP contribution in [0.3, 0.4) is 0 Å². The van der Waals surface area contributed by atoms with Gasteiger partial charge >= 0.3 is 6.03 Å². The molecule has 6 heteroatoms. The maximum atomic E-state index is 11.7. The van der Waals surface area contributed by atoms with Gasteiger partial charge in [-0.2, -0.15) is 0 Å². The van der Waals surface area contributed by atoms with Crippen molar-refractivity contribution < 1.29 is 9.53 Å². The topological polar surface area (TPSA) is 54.5 Å². The molecule has 1 heterocycles. The molecular weight excluding hydrogens is 286 g/mol. The van der Waals surface area contributed by atoms with Crippen molar-refractivity contribution in [2.75, 3.05) is 26.0 Å². The number of pyridine rings is 1. The Bertz CT molecular complexity index is 423. The summed E-state index contributed by atoms with van der Waals surface area (Å²) in [5.74, 6) is 0.504. The first kappa shape index (κ1) is 13.8. The standard InChI is InChI=1S/C11H16BrN3O2/c1-5-15(3)11(16)14-8-6-13-10(17-4)9(12)7(8)2/h6H,5H2,1-4H3,(H,14,16). The maximum absolute atomic E-state index is 11.7. The molecule has 2 amide bonds. The predicted octanol–water partition coefficient (Wildman–Crippen LogP) is 2.64. The Kier molecular flexibility index (Phi) is 4.74. The van der Waals surface area contributed by atoms with E-state index in [0.29, 0.717) is 18.1 Å². The van der Waals surface area contributed by atoms with Gasteiger partial charge in [-0.25, -0.2) is 9.78 Å². The lowest BCUT2D eigenvalue weighted by Gasteiger charge is -2.17. The van der Waals surface area contributed by atoms with Gasteiger partial charge < -0.3 is 15.0 Å². The summed E-state index contributed by atoms with van der Waals surface area (Å²) in [7, 11) is 3.28. The van der Waals surface area contributed by atoms with Crippen LogP contribution in [-0.4, -0.2) is 36.6 Å². The number of urea groups is 1. The Morgan fingerprint density at radius 2 is 2.29 bits per heavy atom. The molecule has 0 aliphatic carbocycles. The molecule has 17 heavy (non-hydrogen) atoms. The minimum atomic E-state index is -0.158. The van der Waals surface area contributed by atoms with Crippen molar-refractivity contribution >= 4 is 27.6 Å². The summed E-state index contributed by atoms with van der Waals surface area (Å²) in [4.78, 5) is 17.4. The number of amides is 2. The predicted molar refractivity (Wildman–Crippen MR) is 70.5 cm³/mol. The highest BCUT2D eigenvalue weighted by Gasteiger charge is 2.13. The van der Waals surface area contributed by atoms with E-state index in [1.54, 1.807) is 25.3 Å². The molecule has 1 aromatic heterocycles. The van der Waals surface area contributed by atoms with Crippen LogP contribution >= 0.6 is 15.9 Å². The smallest absolute Gasteiger partial charge is 0.321 e. The summed E-state index contributed by atoms with van der Waals surface area (Å²) in [6.45, 7) is 4.44. The molecule has 0 bridgehead atoms. The zero-order chi connectivity index (χ0) is 13.0. The number of nitrogens with one attached hydrogen (secondary N) is 1. The first-order chi connectivity index (χ1) is 8.01. The van der Waals surface area contributed by atoms with Gasteiger partial charge in [0.25, 0.3) is 0 Å². The average molecular weight is 302 g/mol. The molecule has 1 rings (SSSR count). The number of ether oxygens (including phenoxy) is 1. The lowest BCUT2D eigenvalue weighted by molar-refractivity contribution is 0.224. The van der Waals surface area contributed by atoms with Gasteiger partial charge in [-0.1, -0.05) is 0 Å². The van der Waals surface area contributed by atoms with Crippen molar-refractivity contribution in [3.05, 3.63) is 16.2 Å². The van der Waals surface area contributed by atoms with Crippen molar-refractivity contribution in [1.29, 1.82) is 0 Å². The molecular formula is C11H16BrN3O2. The fraction of sp³-hybridized carbons (Fsp3) is 0.455. The van der Waals surface area contributed by atoms with Crippen LogP contribution in [0, 0.1) is 6.92 Å². The maximum Gasteiger partial charge on any atom is 0.321 e. The second-order valence-electron chi connectivity index (χ2n) is 3.56. The minimum Gasteiger partial charge on any atom is -0.480 e. The monoisotopic (exact) mass is 301 g/mol. The molecule has 0 aliphatic heterocycles. The Labute approximate surface area is 109 Å². The SMILES string of the molecule is CCN(C)C(=O)Nc1cnc(OC)c(Br)c1C. The van der Waals surface area contributed by atoms with Crippen LogP contribution in [0.4, 0.5) is 10.5 Å². The third kappa shape index (κ3) is 3.09. The Morgan fingerprint density at radius 1 is 1.65 bits per heavy atom. The van der Waals surface area contributed by atoms with Crippen LogP contribution in [0.1, 0.15) is 12.5 Å². The summed E-state index contributed by atoms with van der Waals surface area (Å²) in [6, 6.07) is -0.158. The number of anilines is 1. The van der Waals surface area contributed by atoms with Crippen LogP contribution in [0.25, 0.3) is 0 Å². The van der Waals surface area contributed by atoms with Crippen LogP contribution in [0.2, 0.25) is 0 Å². The molecule has 0 saturated carbocycles. The van der Waals surface area contributed by atoms with Crippen molar-refractivity contribution in [1.82, 2.24) is 9.88 Å². The average Bonchev–Trinajstić information content (AvgIpc) is 2.34. The van der Waals surface area contributed by atoms with Gasteiger partial charge in [0.2, 0.25) is 5.88 Å². The Hall–Kier alpha value is -1.30. The van der Waals surface area contributed by atoms with Gasteiger partial charge in [-0.15, -0.1) is 0 Å². The summed E-state index contributed by atoms with van der Waals surface area (Å²) >= 11 is 3.38. The van der Waals surface area contributed by atoms with Crippen LogP contribution < -0.4 is 10.1 Å². The second kappa shape index (κ2) is 5.86. The first-order valence-corrected chi connectivity index (χ1v) is 6.01. The molecule has 0 aliphatic rings. The van der Waals surface area contributed by atoms with E-state index in [1.165, 1.54) is 0 Å². The molecule has 0 unspecified atom stereocenters. The molecule has 5 nitrogen and oxygen atoms in total. The number of carbonyl (C=O) groups excluding carboxylic acids is 1. The molecule has 0 saturated heterocycles. The van der Waals surface area contributed by atoms with Gasteiger partial charge in [0.05, 0.1) is 23.5 Å². The van der Waals surface area contributed by atoms with Gasteiger partial charge in [-0.3, -0.25) is 0 Å². The number of rotatable bonds is 3. The number of hydrogen-bond donors (Lipinski definition) is 1. The Balaban J connectivity index is 2.93. The van der Waals surface area contributed by atoms with Crippen LogP contribution in [0.5, 0.6) is 5.88 Å². The number of nitrogens with zero attached hydrogens (tertiary/aromatic N) is 2. The molecule has 0 atom stereocenters. The van der Waals surface area contributed by atoms with Crippen molar-refractivity contribution in [3.8, 4) is 5.88 Å². The summed E-state index contributed by atoms with van der Waals surface area (Å²) in [5, 5.41) is 2.79. The van der Waals surface area contributed by atoms with E-state index in [2.05, 4.69) is 26.2 Å². The highest BCUT2D eigenvalue weighted by Crippen LogP contribution is 2.30. The molecule has 0 spiro atoms. The summed E-state index contributed by atoms with van der Waals surface area (Å²) < 4.78 is 5.82. The van der Waals surface area contributed by atoms with Crippen molar-refractivity contribution in [2.24, 2.45) is 0 Å². The molecule has 1 aromatic rings. The van der Waals surface area contributed by atoms with E-state index in [1.807, 2.05) is 13.8 Å². The Morgan fingerprint density at radius 3 is 2.82 bits per heavy atom. The minimum absolute atomic E-state index is 0.158. The van der Waals surface area contributed by atoms with Crippen LogP contribution in [0.15, 0.2) is 10.7 Å². The highest BCUT2D eigenvalue weighted by atomic mass is 79.9. The fourth-order valence-electron chi connectivity index (χ4n) is 1.18. The van der Waals surface area contributed by atoms with Gasteiger partial charge in [0.15, 0.2) is 0 Å². The van der Waals surface area contributed by atoms with Gasteiger partial charge in [0.1, 0.15) is 0 Å². The zero-order valence-electron chi connectivity index (χ0n) is 10.4. The van der Waals surface area contributed by atoms with E-state index in [0.717, 1.165) is 10.0 Å². The third-order valence-corrected chi connectivity index (χ3v) is 3.42. The molecule has 0 radical (unpaired) electrons. The number of hydrogen-bond acceptors (Lipinski definition) is 3.